The summed E-state index contributed by atoms with van der Waals surface area (Å²) in [5, 5.41) is 0. The summed E-state index contributed by atoms with van der Waals surface area (Å²) in [6.07, 6.45) is 0. The second-order valence-electron chi connectivity index (χ2n) is 3.98. The van der Waals surface area contributed by atoms with E-state index in [-0.39, 0.29) is 5.91 Å². The van der Waals surface area contributed by atoms with Gasteiger partial charge in [0.05, 0.1) is 11.4 Å². The minimum atomic E-state index is -0.225. The molecular weight excluding hydrogens is 296 g/mol. The molecule has 0 saturated carbocycles. The van der Waals surface area contributed by atoms with Crippen molar-refractivity contribution in [1.82, 2.24) is 0 Å². The zero-order valence-electron chi connectivity index (χ0n) is 10.1. The zero-order valence-corrected chi connectivity index (χ0v) is 11.7. The van der Waals surface area contributed by atoms with Crippen LogP contribution >= 0.6 is 15.9 Å². The van der Waals surface area contributed by atoms with Crippen molar-refractivity contribution in [2.45, 2.75) is 6.92 Å². The fourth-order valence-electron chi connectivity index (χ4n) is 1.65. The van der Waals surface area contributed by atoms with Gasteiger partial charge in [-0.05, 0) is 37.3 Å². The van der Waals surface area contributed by atoms with Gasteiger partial charge in [0.25, 0.3) is 5.91 Å². The van der Waals surface area contributed by atoms with Gasteiger partial charge in [0.15, 0.2) is 5.76 Å². The van der Waals surface area contributed by atoms with Crippen LogP contribution in [0, 0.1) is 6.92 Å². The van der Waals surface area contributed by atoms with Gasteiger partial charge in [-0.25, -0.2) is 0 Å². The Morgan fingerprint density at radius 2 is 2.06 bits per heavy atom. The van der Waals surface area contributed by atoms with Crippen molar-refractivity contribution in [1.29, 1.82) is 0 Å². The molecule has 0 aliphatic heterocycles. The zero-order chi connectivity index (χ0) is 13.3. The first kappa shape index (κ1) is 12.7. The highest BCUT2D eigenvalue weighted by molar-refractivity contribution is 9.10. The summed E-state index contributed by atoms with van der Waals surface area (Å²) in [7, 11) is 1.67. The van der Waals surface area contributed by atoms with Crippen LogP contribution in [0.2, 0.25) is 0 Å². The number of furan rings is 1. The second kappa shape index (κ2) is 4.86. The molecule has 5 heteroatoms. The normalized spacial score (nSPS) is 10.4. The Morgan fingerprint density at radius 1 is 1.33 bits per heavy atom. The number of halogens is 1. The van der Waals surface area contributed by atoms with Crippen molar-refractivity contribution in [2.75, 3.05) is 17.7 Å². The summed E-state index contributed by atoms with van der Waals surface area (Å²) in [5.74, 6) is 0.782. The van der Waals surface area contributed by atoms with Crippen LogP contribution in [0.4, 0.5) is 11.4 Å². The van der Waals surface area contributed by atoms with E-state index in [0.29, 0.717) is 22.9 Å². The predicted molar refractivity (Wildman–Crippen MR) is 74.7 cm³/mol. The number of hydrogen-bond donors (Lipinski definition) is 1. The van der Waals surface area contributed by atoms with E-state index in [0.717, 1.165) is 4.47 Å². The lowest BCUT2D eigenvalue weighted by Gasteiger charge is -2.18. The molecule has 18 heavy (non-hydrogen) atoms. The summed E-state index contributed by atoms with van der Waals surface area (Å²) < 4.78 is 6.18. The van der Waals surface area contributed by atoms with Gasteiger partial charge in [-0.1, -0.05) is 15.9 Å². The monoisotopic (exact) mass is 308 g/mol. The summed E-state index contributed by atoms with van der Waals surface area (Å²) in [5.41, 5.74) is 7.07. The number of carbonyl (C=O) groups is 1. The SMILES string of the molecule is Cc1ccc(C(=O)N(C)c2ccc(Br)cc2N)o1. The third-order valence-corrected chi connectivity index (χ3v) is 3.10. The van der Waals surface area contributed by atoms with Gasteiger partial charge < -0.3 is 15.1 Å². The topological polar surface area (TPSA) is 59.5 Å². The molecule has 0 atom stereocenters. The van der Waals surface area contributed by atoms with Gasteiger partial charge in [0.1, 0.15) is 5.76 Å². The van der Waals surface area contributed by atoms with Crippen LogP contribution in [0.25, 0.3) is 0 Å². The van der Waals surface area contributed by atoms with E-state index in [1.165, 1.54) is 4.90 Å². The molecule has 2 N–H and O–H groups in total. The molecule has 0 fully saturated rings. The first-order valence-electron chi connectivity index (χ1n) is 5.38. The number of amides is 1. The highest BCUT2D eigenvalue weighted by Gasteiger charge is 2.18. The number of nitrogens with zero attached hydrogens (tertiary/aromatic N) is 1. The molecule has 1 heterocycles. The van der Waals surface area contributed by atoms with E-state index in [1.54, 1.807) is 38.2 Å². The third-order valence-electron chi connectivity index (χ3n) is 2.61. The van der Waals surface area contributed by atoms with Gasteiger partial charge >= 0.3 is 0 Å². The molecule has 2 rings (SSSR count). The third kappa shape index (κ3) is 2.41. The average molecular weight is 309 g/mol. The number of rotatable bonds is 2. The molecule has 0 aliphatic carbocycles. The quantitative estimate of drug-likeness (QED) is 0.867. The Labute approximate surface area is 114 Å². The Hall–Kier alpha value is -1.75. The van der Waals surface area contributed by atoms with Gasteiger partial charge in [0, 0.05) is 11.5 Å². The molecule has 0 aliphatic rings. The largest absolute Gasteiger partial charge is 0.456 e. The molecule has 94 valence electrons. The average Bonchev–Trinajstić information content (AvgIpc) is 2.74. The maximum absolute atomic E-state index is 12.2. The minimum absolute atomic E-state index is 0.225. The number of nitrogens with two attached hydrogens (primary N) is 1. The molecule has 2 aromatic rings. The standard InChI is InChI=1S/C13H13BrN2O2/c1-8-3-6-12(18-8)13(17)16(2)11-5-4-9(14)7-10(11)15/h3-7H,15H2,1-2H3. The van der Waals surface area contributed by atoms with E-state index in [2.05, 4.69) is 15.9 Å². The van der Waals surface area contributed by atoms with Crippen molar-refractivity contribution >= 4 is 33.2 Å². The summed E-state index contributed by atoms with van der Waals surface area (Å²) in [6.45, 7) is 1.80. The Bertz CT molecular complexity index is 592. The van der Waals surface area contributed by atoms with Crippen LogP contribution < -0.4 is 10.6 Å². The molecule has 4 nitrogen and oxygen atoms in total. The summed E-state index contributed by atoms with van der Waals surface area (Å²) in [4.78, 5) is 13.6. The van der Waals surface area contributed by atoms with Gasteiger partial charge in [-0.2, -0.15) is 0 Å². The smallest absolute Gasteiger partial charge is 0.293 e. The lowest BCUT2D eigenvalue weighted by molar-refractivity contribution is 0.0965. The Morgan fingerprint density at radius 3 is 2.61 bits per heavy atom. The minimum Gasteiger partial charge on any atom is -0.456 e. The number of benzene rings is 1. The number of nitrogen functional groups attached to an aromatic ring is 1. The van der Waals surface area contributed by atoms with E-state index >= 15 is 0 Å². The van der Waals surface area contributed by atoms with Crippen LogP contribution in [0.3, 0.4) is 0 Å². The van der Waals surface area contributed by atoms with Crippen LogP contribution in [0.15, 0.2) is 39.2 Å². The molecule has 1 amide bonds. The molecule has 0 saturated heterocycles. The Balaban J connectivity index is 2.31. The van der Waals surface area contributed by atoms with E-state index in [1.807, 2.05) is 6.07 Å². The molecule has 0 spiro atoms. The fraction of sp³-hybridized carbons (Fsp3) is 0.154. The maximum Gasteiger partial charge on any atom is 0.293 e. The van der Waals surface area contributed by atoms with Crippen LogP contribution in [0.1, 0.15) is 16.3 Å². The molecule has 0 unspecified atom stereocenters. The summed E-state index contributed by atoms with van der Waals surface area (Å²) >= 11 is 3.33. The first-order valence-corrected chi connectivity index (χ1v) is 6.18. The molecule has 0 bridgehead atoms. The van der Waals surface area contributed by atoms with Gasteiger partial charge in [-0.15, -0.1) is 0 Å². The lowest BCUT2D eigenvalue weighted by atomic mass is 10.2. The second-order valence-corrected chi connectivity index (χ2v) is 4.89. The Kier molecular flexibility index (Phi) is 3.43. The number of hydrogen-bond acceptors (Lipinski definition) is 3. The maximum atomic E-state index is 12.2. The van der Waals surface area contributed by atoms with Crippen molar-refractivity contribution in [3.63, 3.8) is 0 Å². The van der Waals surface area contributed by atoms with Crippen molar-refractivity contribution in [3.8, 4) is 0 Å². The number of carbonyl (C=O) groups excluding carboxylic acids is 1. The van der Waals surface area contributed by atoms with Crippen molar-refractivity contribution in [3.05, 3.63) is 46.3 Å². The highest BCUT2D eigenvalue weighted by atomic mass is 79.9. The molecule has 0 radical (unpaired) electrons. The summed E-state index contributed by atoms with van der Waals surface area (Å²) in [6, 6.07) is 8.79. The van der Waals surface area contributed by atoms with Crippen molar-refractivity contribution < 1.29 is 9.21 Å². The molecular formula is C13H13BrN2O2. The highest BCUT2D eigenvalue weighted by Crippen LogP contribution is 2.27. The van der Waals surface area contributed by atoms with Gasteiger partial charge in [-0.3, -0.25) is 4.79 Å². The van der Waals surface area contributed by atoms with E-state index in [9.17, 15) is 4.79 Å². The van der Waals surface area contributed by atoms with Crippen molar-refractivity contribution in [2.24, 2.45) is 0 Å². The number of aryl methyl sites for hydroxylation is 1. The number of anilines is 2. The van der Waals surface area contributed by atoms with Crippen LogP contribution in [-0.2, 0) is 0 Å². The molecule has 1 aromatic carbocycles. The van der Waals surface area contributed by atoms with E-state index in [4.69, 9.17) is 10.2 Å². The first-order chi connectivity index (χ1) is 8.49. The fourth-order valence-corrected chi connectivity index (χ4v) is 2.03. The van der Waals surface area contributed by atoms with E-state index < -0.39 is 0 Å². The lowest BCUT2D eigenvalue weighted by Crippen LogP contribution is -2.26. The van der Waals surface area contributed by atoms with Gasteiger partial charge in [0.2, 0.25) is 0 Å². The predicted octanol–water partition coefficient (Wildman–Crippen LogP) is 3.21. The van der Waals surface area contributed by atoms with Crippen LogP contribution in [-0.4, -0.2) is 13.0 Å². The van der Waals surface area contributed by atoms with Crippen LogP contribution in [0.5, 0.6) is 0 Å². The molecule has 1 aromatic heterocycles.